The second-order valence-electron chi connectivity index (χ2n) is 6.64. The van der Waals surface area contributed by atoms with Crippen LogP contribution in [0.15, 0.2) is 60.7 Å². The van der Waals surface area contributed by atoms with E-state index in [1.807, 2.05) is 60.7 Å². The van der Waals surface area contributed by atoms with Gasteiger partial charge in [-0.25, -0.2) is 14.4 Å². The second kappa shape index (κ2) is 8.77. The van der Waals surface area contributed by atoms with E-state index < -0.39 is 36.1 Å². The number of ether oxygens (including phenoxy) is 2. The molecule has 2 aromatic rings. The lowest BCUT2D eigenvalue weighted by molar-refractivity contribution is -0.155. The van der Waals surface area contributed by atoms with Gasteiger partial charge in [0.1, 0.15) is 0 Å². The number of nitrogens with zero attached hydrogens (tertiary/aromatic N) is 2. The Kier molecular flexibility index (Phi) is 6.16. The standard InChI is InChI=1S/C22H24N2O5/c1-4-23-18(20(25)28-2)19(21(26)29-3)24(22(23)27)17(15-11-7-5-8-12-15)16-13-9-6-10-14-16/h5-14,17-19H,4H2,1-3H3. The van der Waals surface area contributed by atoms with Gasteiger partial charge in [-0.2, -0.15) is 0 Å². The van der Waals surface area contributed by atoms with Gasteiger partial charge >= 0.3 is 18.0 Å². The normalized spacial score (nSPS) is 18.8. The number of rotatable bonds is 6. The Hall–Kier alpha value is -3.35. The van der Waals surface area contributed by atoms with Crippen molar-refractivity contribution in [3.63, 3.8) is 0 Å². The van der Waals surface area contributed by atoms with Crippen LogP contribution >= 0.6 is 0 Å². The summed E-state index contributed by atoms with van der Waals surface area (Å²) in [4.78, 5) is 41.5. The first-order valence-electron chi connectivity index (χ1n) is 9.39. The van der Waals surface area contributed by atoms with Crippen LogP contribution in [0.3, 0.4) is 0 Å². The molecule has 7 nitrogen and oxygen atoms in total. The molecule has 0 saturated carbocycles. The summed E-state index contributed by atoms with van der Waals surface area (Å²) in [6.07, 6.45) is 0. The maximum atomic E-state index is 13.4. The summed E-state index contributed by atoms with van der Waals surface area (Å²) in [5, 5.41) is 0. The van der Waals surface area contributed by atoms with E-state index in [1.54, 1.807) is 6.92 Å². The highest BCUT2D eigenvalue weighted by Gasteiger charge is 2.56. The molecule has 0 aromatic heterocycles. The van der Waals surface area contributed by atoms with Crippen molar-refractivity contribution in [1.29, 1.82) is 0 Å². The first-order valence-corrected chi connectivity index (χ1v) is 9.39. The zero-order valence-electron chi connectivity index (χ0n) is 16.6. The van der Waals surface area contributed by atoms with Crippen molar-refractivity contribution in [2.45, 2.75) is 25.0 Å². The zero-order valence-corrected chi connectivity index (χ0v) is 16.6. The van der Waals surface area contributed by atoms with E-state index >= 15 is 0 Å². The smallest absolute Gasteiger partial charge is 0.331 e. The summed E-state index contributed by atoms with van der Waals surface area (Å²) in [5.41, 5.74) is 1.64. The lowest BCUT2D eigenvalue weighted by Gasteiger charge is -2.32. The minimum atomic E-state index is -1.13. The Balaban J connectivity index is 2.20. The minimum Gasteiger partial charge on any atom is -0.467 e. The van der Waals surface area contributed by atoms with Crippen LogP contribution in [0.25, 0.3) is 0 Å². The lowest BCUT2D eigenvalue weighted by Crippen LogP contribution is -2.49. The molecule has 0 bridgehead atoms. The Morgan fingerprint density at radius 1 is 0.862 bits per heavy atom. The number of carbonyl (C=O) groups is 3. The SMILES string of the molecule is CCN1C(=O)N(C(c2ccccc2)c2ccccc2)C(C(=O)OC)C1C(=O)OC. The number of likely N-dealkylation sites (N-methyl/N-ethyl adjacent to an activating group) is 1. The number of urea groups is 1. The van der Waals surface area contributed by atoms with Gasteiger partial charge in [-0.3, -0.25) is 4.90 Å². The van der Waals surface area contributed by atoms with Gasteiger partial charge in [-0.15, -0.1) is 0 Å². The van der Waals surface area contributed by atoms with Crippen molar-refractivity contribution in [2.24, 2.45) is 0 Å². The highest BCUT2D eigenvalue weighted by Crippen LogP contribution is 2.37. The van der Waals surface area contributed by atoms with Crippen molar-refractivity contribution in [2.75, 3.05) is 20.8 Å². The van der Waals surface area contributed by atoms with Gasteiger partial charge in [0.25, 0.3) is 0 Å². The van der Waals surface area contributed by atoms with Gasteiger partial charge in [0.15, 0.2) is 12.1 Å². The molecule has 1 aliphatic rings. The summed E-state index contributed by atoms with van der Waals surface area (Å²) in [7, 11) is 2.48. The third kappa shape index (κ3) is 3.68. The van der Waals surface area contributed by atoms with Gasteiger partial charge < -0.3 is 14.4 Å². The number of carbonyl (C=O) groups excluding carboxylic acids is 3. The predicted octanol–water partition coefficient (Wildman–Crippen LogP) is 2.62. The molecule has 0 radical (unpaired) electrons. The Bertz CT molecular complexity index is 832. The Labute approximate surface area is 169 Å². The fourth-order valence-corrected chi connectivity index (χ4v) is 3.84. The van der Waals surface area contributed by atoms with E-state index in [4.69, 9.17) is 9.47 Å². The van der Waals surface area contributed by atoms with Crippen LogP contribution in [-0.4, -0.2) is 60.6 Å². The van der Waals surface area contributed by atoms with Crippen molar-refractivity contribution in [1.82, 2.24) is 9.80 Å². The highest BCUT2D eigenvalue weighted by molar-refractivity contribution is 5.97. The van der Waals surface area contributed by atoms with Gasteiger partial charge in [0, 0.05) is 6.54 Å². The molecule has 7 heteroatoms. The fraction of sp³-hybridized carbons (Fsp3) is 0.318. The molecule has 1 aliphatic heterocycles. The average molecular weight is 396 g/mol. The second-order valence-corrected chi connectivity index (χ2v) is 6.64. The fourth-order valence-electron chi connectivity index (χ4n) is 3.84. The first kappa shape index (κ1) is 20.4. The van der Waals surface area contributed by atoms with Crippen LogP contribution < -0.4 is 0 Å². The van der Waals surface area contributed by atoms with E-state index in [0.717, 1.165) is 11.1 Å². The molecule has 2 atom stereocenters. The Morgan fingerprint density at radius 2 is 1.31 bits per heavy atom. The number of benzene rings is 2. The quantitative estimate of drug-likeness (QED) is 0.702. The lowest BCUT2D eigenvalue weighted by atomic mass is 9.95. The van der Waals surface area contributed by atoms with E-state index in [1.165, 1.54) is 24.0 Å². The molecule has 2 aromatic carbocycles. The Morgan fingerprint density at radius 3 is 1.72 bits per heavy atom. The molecule has 3 rings (SSSR count). The summed E-state index contributed by atoms with van der Waals surface area (Å²) in [6, 6.07) is 15.6. The molecule has 29 heavy (non-hydrogen) atoms. The van der Waals surface area contributed by atoms with Crippen molar-refractivity contribution in [3.05, 3.63) is 71.8 Å². The third-order valence-electron chi connectivity index (χ3n) is 5.14. The van der Waals surface area contributed by atoms with E-state index in [9.17, 15) is 14.4 Å². The number of esters is 2. The van der Waals surface area contributed by atoms with Gasteiger partial charge in [-0.05, 0) is 18.1 Å². The number of hydrogen-bond donors (Lipinski definition) is 0. The molecule has 152 valence electrons. The van der Waals surface area contributed by atoms with Gasteiger partial charge in [0.2, 0.25) is 0 Å². The molecule has 0 aliphatic carbocycles. The van der Waals surface area contributed by atoms with Crippen LogP contribution in [0.5, 0.6) is 0 Å². The summed E-state index contributed by atoms with van der Waals surface area (Å²) >= 11 is 0. The highest BCUT2D eigenvalue weighted by atomic mass is 16.5. The minimum absolute atomic E-state index is 0.249. The number of amides is 2. The molecule has 1 fully saturated rings. The molecular weight excluding hydrogens is 372 g/mol. The maximum Gasteiger partial charge on any atom is 0.331 e. The summed E-state index contributed by atoms with van der Waals surface area (Å²) in [5.74, 6) is -1.32. The van der Waals surface area contributed by atoms with Crippen LogP contribution in [0.1, 0.15) is 24.1 Å². The third-order valence-corrected chi connectivity index (χ3v) is 5.14. The van der Waals surface area contributed by atoms with E-state index in [0.29, 0.717) is 0 Å². The maximum absolute atomic E-state index is 13.4. The molecule has 2 amide bonds. The number of methoxy groups -OCH3 is 2. The first-order chi connectivity index (χ1) is 14.0. The topological polar surface area (TPSA) is 76.2 Å². The summed E-state index contributed by atoms with van der Waals surface area (Å²) < 4.78 is 9.90. The van der Waals surface area contributed by atoms with Gasteiger partial charge in [0.05, 0.1) is 20.3 Å². The van der Waals surface area contributed by atoms with Crippen molar-refractivity contribution >= 4 is 18.0 Å². The van der Waals surface area contributed by atoms with Crippen LogP contribution in [-0.2, 0) is 19.1 Å². The molecule has 0 spiro atoms. The molecule has 0 N–H and O–H groups in total. The average Bonchev–Trinajstić information content (AvgIpc) is 3.06. The predicted molar refractivity (Wildman–Crippen MR) is 106 cm³/mol. The van der Waals surface area contributed by atoms with Crippen LogP contribution in [0.4, 0.5) is 4.79 Å². The van der Waals surface area contributed by atoms with Crippen molar-refractivity contribution < 1.29 is 23.9 Å². The van der Waals surface area contributed by atoms with Crippen LogP contribution in [0, 0.1) is 0 Å². The molecule has 1 saturated heterocycles. The van der Waals surface area contributed by atoms with Crippen LogP contribution in [0.2, 0.25) is 0 Å². The monoisotopic (exact) mass is 396 g/mol. The number of hydrogen-bond acceptors (Lipinski definition) is 5. The zero-order chi connectivity index (χ0) is 21.0. The van der Waals surface area contributed by atoms with E-state index in [-0.39, 0.29) is 6.54 Å². The molecule has 1 heterocycles. The largest absolute Gasteiger partial charge is 0.467 e. The van der Waals surface area contributed by atoms with Crippen molar-refractivity contribution in [3.8, 4) is 0 Å². The molecule has 2 unspecified atom stereocenters. The van der Waals surface area contributed by atoms with E-state index in [2.05, 4.69) is 0 Å². The summed E-state index contributed by atoms with van der Waals surface area (Å²) in [6.45, 7) is 2.00. The molecular formula is C22H24N2O5. The van der Waals surface area contributed by atoms with Gasteiger partial charge in [-0.1, -0.05) is 60.7 Å².